The largest absolute Gasteiger partial charge is 0.467 e. The molecule has 0 aromatic heterocycles. The van der Waals surface area contributed by atoms with Crippen LogP contribution in [0, 0.1) is 0 Å². The number of hydrogen-bond acceptors (Lipinski definition) is 3. The summed E-state index contributed by atoms with van der Waals surface area (Å²) >= 11 is 0. The summed E-state index contributed by atoms with van der Waals surface area (Å²) in [6, 6.07) is 6.67. The molecule has 1 N–H and O–H groups in total. The number of methoxy groups -OCH3 is 1. The fourth-order valence-electron chi connectivity index (χ4n) is 1.89. The SMILES string of the molecule is C=CC[C@H](NC(=O)c1ccc(C(C)(C)C)cc1)C(=O)OC. The standard InChI is InChI=1S/C17H23NO3/c1-6-7-14(16(20)21-5)18-15(19)12-8-10-13(11-9-12)17(2,3)4/h6,8-11,14H,1,7H2,2-5H3,(H,18,19)/t14-/m0/s1. The van der Waals surface area contributed by atoms with E-state index in [9.17, 15) is 9.59 Å². The number of hydrogen-bond donors (Lipinski definition) is 1. The minimum atomic E-state index is -0.706. The molecule has 1 aromatic rings. The van der Waals surface area contributed by atoms with E-state index >= 15 is 0 Å². The Labute approximate surface area is 126 Å². The predicted octanol–water partition coefficient (Wildman–Crippen LogP) is 2.83. The zero-order valence-corrected chi connectivity index (χ0v) is 13.1. The molecule has 0 fully saturated rings. The topological polar surface area (TPSA) is 55.4 Å². The Bertz CT molecular complexity index is 512. The maximum absolute atomic E-state index is 12.2. The summed E-state index contributed by atoms with van der Waals surface area (Å²) in [5.74, 6) is -0.776. The molecule has 0 saturated heterocycles. The van der Waals surface area contributed by atoms with Crippen molar-refractivity contribution in [1.82, 2.24) is 5.32 Å². The lowest BCUT2D eigenvalue weighted by atomic mass is 9.86. The molecule has 114 valence electrons. The normalized spacial score (nSPS) is 12.4. The van der Waals surface area contributed by atoms with Gasteiger partial charge in [0, 0.05) is 5.56 Å². The van der Waals surface area contributed by atoms with Gasteiger partial charge in [0.25, 0.3) is 5.91 Å². The molecule has 0 radical (unpaired) electrons. The average Bonchev–Trinajstić information content (AvgIpc) is 2.45. The van der Waals surface area contributed by atoms with Crippen LogP contribution in [0.25, 0.3) is 0 Å². The van der Waals surface area contributed by atoms with E-state index in [4.69, 9.17) is 0 Å². The molecular weight excluding hydrogens is 266 g/mol. The van der Waals surface area contributed by atoms with E-state index in [1.807, 2.05) is 12.1 Å². The van der Waals surface area contributed by atoms with E-state index in [2.05, 4.69) is 37.4 Å². The number of carbonyl (C=O) groups excluding carboxylic acids is 2. The number of nitrogens with one attached hydrogen (secondary N) is 1. The molecule has 1 atom stereocenters. The second-order valence-electron chi connectivity index (χ2n) is 5.90. The lowest BCUT2D eigenvalue weighted by molar-refractivity contribution is -0.142. The second-order valence-corrected chi connectivity index (χ2v) is 5.90. The zero-order chi connectivity index (χ0) is 16.0. The molecule has 0 saturated carbocycles. The molecule has 0 aliphatic heterocycles. The first-order valence-electron chi connectivity index (χ1n) is 6.89. The van der Waals surface area contributed by atoms with Gasteiger partial charge in [0.05, 0.1) is 7.11 Å². The quantitative estimate of drug-likeness (QED) is 0.670. The van der Waals surface area contributed by atoms with Crippen molar-refractivity contribution < 1.29 is 14.3 Å². The third-order valence-electron chi connectivity index (χ3n) is 3.21. The van der Waals surface area contributed by atoms with Crippen molar-refractivity contribution in [3.05, 3.63) is 48.0 Å². The van der Waals surface area contributed by atoms with Gasteiger partial charge in [-0.05, 0) is 29.5 Å². The van der Waals surface area contributed by atoms with E-state index in [1.54, 1.807) is 18.2 Å². The van der Waals surface area contributed by atoms with Crippen LogP contribution in [0.1, 0.15) is 43.1 Å². The highest BCUT2D eigenvalue weighted by atomic mass is 16.5. The highest BCUT2D eigenvalue weighted by molar-refractivity contribution is 5.96. The summed E-state index contributed by atoms with van der Waals surface area (Å²) in [7, 11) is 1.29. The van der Waals surface area contributed by atoms with Crippen molar-refractivity contribution in [3.63, 3.8) is 0 Å². The van der Waals surface area contributed by atoms with E-state index < -0.39 is 12.0 Å². The second kappa shape index (κ2) is 7.07. The molecule has 0 aliphatic carbocycles. The Morgan fingerprint density at radius 2 is 1.86 bits per heavy atom. The smallest absolute Gasteiger partial charge is 0.328 e. The minimum Gasteiger partial charge on any atom is -0.467 e. The predicted molar refractivity (Wildman–Crippen MR) is 83.2 cm³/mol. The maximum Gasteiger partial charge on any atom is 0.328 e. The monoisotopic (exact) mass is 289 g/mol. The highest BCUT2D eigenvalue weighted by Gasteiger charge is 2.21. The fourth-order valence-corrected chi connectivity index (χ4v) is 1.89. The van der Waals surface area contributed by atoms with Crippen LogP contribution in [0.4, 0.5) is 0 Å². The molecule has 21 heavy (non-hydrogen) atoms. The summed E-state index contributed by atoms with van der Waals surface area (Å²) in [4.78, 5) is 23.7. The highest BCUT2D eigenvalue weighted by Crippen LogP contribution is 2.22. The van der Waals surface area contributed by atoms with Gasteiger partial charge in [0.15, 0.2) is 0 Å². The number of ether oxygens (including phenoxy) is 1. The number of benzene rings is 1. The first-order valence-corrected chi connectivity index (χ1v) is 6.89. The average molecular weight is 289 g/mol. The molecule has 0 spiro atoms. The van der Waals surface area contributed by atoms with Gasteiger partial charge >= 0.3 is 5.97 Å². The van der Waals surface area contributed by atoms with Crippen molar-refractivity contribution in [3.8, 4) is 0 Å². The minimum absolute atomic E-state index is 0.0341. The number of esters is 1. The Hall–Kier alpha value is -2.10. The van der Waals surface area contributed by atoms with Crippen LogP contribution in [0.3, 0.4) is 0 Å². The molecule has 1 aromatic carbocycles. The summed E-state index contributed by atoms with van der Waals surface area (Å²) < 4.78 is 4.66. The Morgan fingerprint density at radius 1 is 1.29 bits per heavy atom. The number of carbonyl (C=O) groups is 2. The molecule has 0 bridgehead atoms. The molecule has 4 nitrogen and oxygen atoms in total. The Kier molecular flexibility index (Phi) is 5.70. The third kappa shape index (κ3) is 4.74. The first-order chi connectivity index (χ1) is 9.79. The zero-order valence-electron chi connectivity index (χ0n) is 13.1. The van der Waals surface area contributed by atoms with Crippen LogP contribution >= 0.6 is 0 Å². The molecule has 4 heteroatoms. The lowest BCUT2D eigenvalue weighted by Crippen LogP contribution is -2.41. The molecule has 1 amide bonds. The summed E-state index contributed by atoms with van der Waals surface area (Å²) in [5, 5.41) is 2.66. The van der Waals surface area contributed by atoms with E-state index in [-0.39, 0.29) is 11.3 Å². The van der Waals surface area contributed by atoms with Crippen molar-refractivity contribution in [2.24, 2.45) is 0 Å². The van der Waals surface area contributed by atoms with Crippen LogP contribution in [-0.4, -0.2) is 25.0 Å². The van der Waals surface area contributed by atoms with Crippen LogP contribution in [-0.2, 0) is 14.9 Å². The van der Waals surface area contributed by atoms with Gasteiger partial charge in [-0.1, -0.05) is 39.0 Å². The van der Waals surface area contributed by atoms with Crippen LogP contribution in [0.15, 0.2) is 36.9 Å². The van der Waals surface area contributed by atoms with Crippen LogP contribution < -0.4 is 5.32 Å². The van der Waals surface area contributed by atoms with E-state index in [0.717, 1.165) is 5.56 Å². The molecule has 1 rings (SSSR count). The molecular formula is C17H23NO3. The molecule has 0 heterocycles. The van der Waals surface area contributed by atoms with Gasteiger partial charge in [0.1, 0.15) is 6.04 Å². The van der Waals surface area contributed by atoms with Crippen molar-refractivity contribution in [2.75, 3.05) is 7.11 Å². The first kappa shape index (κ1) is 17.0. The molecule has 0 unspecified atom stereocenters. The van der Waals surface area contributed by atoms with Gasteiger partial charge in [-0.15, -0.1) is 6.58 Å². The van der Waals surface area contributed by atoms with Gasteiger partial charge in [-0.2, -0.15) is 0 Å². The maximum atomic E-state index is 12.2. The van der Waals surface area contributed by atoms with Gasteiger partial charge in [-0.25, -0.2) is 4.79 Å². The van der Waals surface area contributed by atoms with E-state index in [1.165, 1.54) is 7.11 Å². The molecule has 0 aliphatic rings. The van der Waals surface area contributed by atoms with E-state index in [0.29, 0.717) is 12.0 Å². The number of rotatable bonds is 5. The van der Waals surface area contributed by atoms with Crippen molar-refractivity contribution in [1.29, 1.82) is 0 Å². The van der Waals surface area contributed by atoms with Crippen molar-refractivity contribution in [2.45, 2.75) is 38.6 Å². The van der Waals surface area contributed by atoms with Crippen LogP contribution in [0.2, 0.25) is 0 Å². The van der Waals surface area contributed by atoms with Crippen molar-refractivity contribution >= 4 is 11.9 Å². The fraction of sp³-hybridized carbons (Fsp3) is 0.412. The van der Waals surface area contributed by atoms with Gasteiger partial charge in [0.2, 0.25) is 0 Å². The summed E-state index contributed by atoms with van der Waals surface area (Å²) in [6.45, 7) is 9.91. The lowest BCUT2D eigenvalue weighted by Gasteiger charge is -2.19. The van der Waals surface area contributed by atoms with Crippen LogP contribution in [0.5, 0.6) is 0 Å². The Morgan fingerprint density at radius 3 is 2.29 bits per heavy atom. The van der Waals surface area contributed by atoms with Gasteiger partial charge < -0.3 is 10.1 Å². The third-order valence-corrected chi connectivity index (χ3v) is 3.21. The Balaban J connectivity index is 2.83. The summed E-state index contributed by atoms with van der Waals surface area (Å²) in [6.07, 6.45) is 1.91. The van der Waals surface area contributed by atoms with Gasteiger partial charge in [-0.3, -0.25) is 4.79 Å². The summed E-state index contributed by atoms with van der Waals surface area (Å²) in [5.41, 5.74) is 1.70. The number of amides is 1.